The summed E-state index contributed by atoms with van der Waals surface area (Å²) in [5, 5.41) is 0.561. The Morgan fingerprint density at radius 2 is 1.58 bits per heavy atom. The summed E-state index contributed by atoms with van der Waals surface area (Å²) in [6.45, 7) is 9.10. The number of nitrogens with zero attached hydrogens (tertiary/aromatic N) is 1. The molecule has 0 bridgehead atoms. The number of ether oxygens (including phenoxy) is 4. The SMILES string of the molecule is Cc1ccccc1S(=O)(=O)OC(COC1CCN(C(=O)OC(C)(C)C)CC1)c1ccc(OCCCOc2ccccc2Cl)cc1. The quantitative estimate of drug-likeness (QED) is 0.139. The van der Waals surface area contributed by atoms with Gasteiger partial charge in [-0.15, -0.1) is 0 Å². The molecule has 0 radical (unpaired) electrons. The van der Waals surface area contributed by atoms with Gasteiger partial charge in [0.15, 0.2) is 0 Å². The van der Waals surface area contributed by atoms with E-state index in [1.165, 1.54) is 6.07 Å². The predicted molar refractivity (Wildman–Crippen MR) is 172 cm³/mol. The summed E-state index contributed by atoms with van der Waals surface area (Å²) in [5.41, 5.74) is 0.658. The van der Waals surface area contributed by atoms with Crippen LogP contribution in [0.1, 0.15) is 57.3 Å². The van der Waals surface area contributed by atoms with Gasteiger partial charge in [0.25, 0.3) is 10.1 Å². The van der Waals surface area contributed by atoms with Crippen LogP contribution in [-0.2, 0) is 23.8 Å². The van der Waals surface area contributed by atoms with Gasteiger partial charge in [0.05, 0.1) is 35.8 Å². The molecule has 0 saturated carbocycles. The van der Waals surface area contributed by atoms with Crippen LogP contribution in [0.25, 0.3) is 0 Å². The monoisotopic (exact) mass is 659 g/mol. The Bertz CT molecular complexity index is 1500. The average molecular weight is 660 g/mol. The van der Waals surface area contributed by atoms with E-state index in [0.717, 1.165) is 0 Å². The van der Waals surface area contributed by atoms with Crippen molar-refractivity contribution in [2.45, 2.75) is 69.7 Å². The molecule has 1 aliphatic heterocycles. The topological polar surface area (TPSA) is 101 Å². The highest BCUT2D eigenvalue weighted by atomic mass is 35.5. The molecule has 0 N–H and O–H groups in total. The minimum absolute atomic E-state index is 0.0157. The molecule has 4 rings (SSSR count). The number of hydrogen-bond acceptors (Lipinski definition) is 8. The molecule has 1 atom stereocenters. The van der Waals surface area contributed by atoms with Gasteiger partial charge in [-0.3, -0.25) is 4.18 Å². The second kappa shape index (κ2) is 15.8. The Morgan fingerprint density at radius 3 is 2.24 bits per heavy atom. The lowest BCUT2D eigenvalue weighted by molar-refractivity contribution is -0.0337. The number of benzene rings is 3. The molecule has 1 heterocycles. The number of piperidine rings is 1. The van der Waals surface area contributed by atoms with E-state index in [2.05, 4.69) is 0 Å². The molecule has 9 nitrogen and oxygen atoms in total. The van der Waals surface area contributed by atoms with Crippen molar-refractivity contribution in [1.82, 2.24) is 4.90 Å². The Hall–Kier alpha value is -3.31. The third-order valence-corrected chi connectivity index (χ3v) is 8.88. The molecular weight excluding hydrogens is 618 g/mol. The van der Waals surface area contributed by atoms with Gasteiger partial charge in [0.1, 0.15) is 23.2 Å². The van der Waals surface area contributed by atoms with Crippen molar-refractivity contribution >= 4 is 27.8 Å². The van der Waals surface area contributed by atoms with Crippen LogP contribution >= 0.6 is 11.6 Å². The van der Waals surface area contributed by atoms with Gasteiger partial charge in [-0.1, -0.05) is 54.1 Å². The molecule has 45 heavy (non-hydrogen) atoms. The van der Waals surface area contributed by atoms with Crippen LogP contribution in [0.2, 0.25) is 5.02 Å². The molecule has 11 heteroatoms. The molecule has 0 spiro atoms. The van der Waals surface area contributed by atoms with Gasteiger partial charge in [-0.2, -0.15) is 8.42 Å². The van der Waals surface area contributed by atoms with Gasteiger partial charge >= 0.3 is 6.09 Å². The first kappa shape index (κ1) is 34.6. The zero-order valence-electron chi connectivity index (χ0n) is 26.2. The molecule has 0 aromatic heterocycles. The van der Waals surface area contributed by atoms with E-state index >= 15 is 0 Å². The van der Waals surface area contributed by atoms with Crippen molar-refractivity contribution in [3.63, 3.8) is 0 Å². The Morgan fingerprint density at radius 1 is 0.933 bits per heavy atom. The van der Waals surface area contributed by atoms with E-state index in [-0.39, 0.29) is 23.7 Å². The van der Waals surface area contributed by atoms with Crippen LogP contribution < -0.4 is 9.47 Å². The maximum Gasteiger partial charge on any atom is 0.410 e. The lowest BCUT2D eigenvalue weighted by atomic mass is 10.1. The Kier molecular flexibility index (Phi) is 12.1. The molecule has 1 fully saturated rings. The zero-order valence-corrected chi connectivity index (χ0v) is 27.8. The predicted octanol–water partition coefficient (Wildman–Crippen LogP) is 7.36. The van der Waals surface area contributed by atoms with E-state index in [9.17, 15) is 13.2 Å². The zero-order chi connectivity index (χ0) is 32.5. The van der Waals surface area contributed by atoms with Crippen molar-refractivity contribution < 1.29 is 36.3 Å². The maximum absolute atomic E-state index is 13.3. The highest BCUT2D eigenvalue weighted by molar-refractivity contribution is 7.86. The van der Waals surface area contributed by atoms with Crippen LogP contribution in [-0.4, -0.2) is 64.0 Å². The fraction of sp³-hybridized carbons (Fsp3) is 0.441. The second-order valence-corrected chi connectivity index (χ2v) is 13.8. The Labute approximate surface area is 271 Å². The number of amides is 1. The van der Waals surface area contributed by atoms with Crippen LogP contribution in [0.3, 0.4) is 0 Å². The summed E-state index contributed by atoms with van der Waals surface area (Å²) in [6.07, 6.45) is 0.450. The van der Waals surface area contributed by atoms with Gasteiger partial charge in [0.2, 0.25) is 0 Å². The summed E-state index contributed by atoms with van der Waals surface area (Å²) >= 11 is 6.13. The summed E-state index contributed by atoms with van der Waals surface area (Å²) in [6, 6.07) is 21.1. The molecule has 3 aromatic rings. The summed E-state index contributed by atoms with van der Waals surface area (Å²) in [5.74, 6) is 1.26. The van der Waals surface area contributed by atoms with Crippen LogP contribution in [0.5, 0.6) is 11.5 Å². The highest BCUT2D eigenvalue weighted by Gasteiger charge is 2.30. The van der Waals surface area contributed by atoms with Crippen molar-refractivity contribution in [1.29, 1.82) is 0 Å². The molecule has 3 aromatic carbocycles. The molecule has 0 aliphatic carbocycles. The minimum Gasteiger partial charge on any atom is -0.493 e. The molecule has 1 aliphatic rings. The first-order chi connectivity index (χ1) is 21.4. The van der Waals surface area contributed by atoms with Crippen LogP contribution in [0, 0.1) is 6.92 Å². The second-order valence-electron chi connectivity index (χ2n) is 11.9. The number of carbonyl (C=O) groups excluding carboxylic acids is 1. The minimum atomic E-state index is -4.09. The third-order valence-electron chi connectivity index (χ3n) is 7.09. The maximum atomic E-state index is 13.3. The lowest BCUT2D eigenvalue weighted by Gasteiger charge is -2.33. The number of likely N-dealkylation sites (tertiary alicyclic amines) is 1. The fourth-order valence-corrected chi connectivity index (χ4v) is 6.22. The normalized spacial score (nSPS) is 15.0. The molecule has 244 valence electrons. The molecule has 1 unspecified atom stereocenters. The van der Waals surface area contributed by atoms with Gasteiger partial charge in [-0.25, -0.2) is 4.79 Å². The van der Waals surface area contributed by atoms with Crippen molar-refractivity contribution in [2.75, 3.05) is 32.9 Å². The third kappa shape index (κ3) is 10.6. The van der Waals surface area contributed by atoms with Gasteiger partial charge in [-0.05, 0) is 82.0 Å². The molecule has 1 amide bonds. The largest absolute Gasteiger partial charge is 0.493 e. The highest BCUT2D eigenvalue weighted by Crippen LogP contribution is 2.29. The summed E-state index contributed by atoms with van der Waals surface area (Å²) in [4.78, 5) is 14.2. The number of halogens is 1. The van der Waals surface area contributed by atoms with E-state index in [1.54, 1.807) is 60.4 Å². The van der Waals surface area contributed by atoms with Crippen LogP contribution in [0.4, 0.5) is 4.79 Å². The van der Waals surface area contributed by atoms with Crippen LogP contribution in [0.15, 0.2) is 77.7 Å². The van der Waals surface area contributed by atoms with E-state index in [4.69, 9.17) is 34.7 Å². The number of aryl methyl sites for hydroxylation is 1. The molecular formula is C34H42ClNO8S. The summed E-state index contributed by atoms with van der Waals surface area (Å²) < 4.78 is 55.7. The van der Waals surface area contributed by atoms with Gasteiger partial charge < -0.3 is 23.8 Å². The van der Waals surface area contributed by atoms with Crippen molar-refractivity contribution in [3.8, 4) is 11.5 Å². The van der Waals surface area contributed by atoms with E-state index in [1.807, 2.05) is 39.0 Å². The van der Waals surface area contributed by atoms with Crippen molar-refractivity contribution in [2.24, 2.45) is 0 Å². The number of rotatable bonds is 13. The van der Waals surface area contributed by atoms with E-state index < -0.39 is 21.8 Å². The number of carbonyl (C=O) groups is 1. The lowest BCUT2D eigenvalue weighted by Crippen LogP contribution is -2.43. The van der Waals surface area contributed by atoms with Gasteiger partial charge in [0, 0.05) is 19.5 Å². The Balaban J connectivity index is 1.36. The number of para-hydroxylation sites is 1. The number of hydrogen-bond donors (Lipinski definition) is 0. The van der Waals surface area contributed by atoms with E-state index in [0.29, 0.717) is 73.2 Å². The first-order valence-corrected chi connectivity index (χ1v) is 16.9. The fourth-order valence-electron chi connectivity index (χ4n) is 4.75. The smallest absolute Gasteiger partial charge is 0.410 e. The summed E-state index contributed by atoms with van der Waals surface area (Å²) in [7, 11) is -4.09. The average Bonchev–Trinajstić information content (AvgIpc) is 3.00. The van der Waals surface area contributed by atoms with Crippen molar-refractivity contribution in [3.05, 3.63) is 88.9 Å². The molecule has 1 saturated heterocycles. The first-order valence-electron chi connectivity index (χ1n) is 15.1. The standard InChI is InChI=1S/C34H42ClNO8S/c1-25-10-5-8-13-32(25)45(38,39)44-31(24-42-28-18-20-36(21-19-28)33(37)43-34(2,3)4)26-14-16-27(17-15-26)40-22-9-23-41-30-12-7-6-11-29(30)35/h5-8,10-17,28,31H,9,18-24H2,1-4H3.